The highest BCUT2D eigenvalue weighted by Gasteiger charge is 2.40. The molecule has 0 amide bonds. The Labute approximate surface area is 119 Å². The average molecular weight is 268 g/mol. The van der Waals surface area contributed by atoms with Crippen molar-refractivity contribution in [1.82, 2.24) is 15.5 Å². The predicted octanol–water partition coefficient (Wildman–Crippen LogP) is 2.72. The highest BCUT2D eigenvalue weighted by atomic mass is 15.1. The van der Waals surface area contributed by atoms with Gasteiger partial charge in [-0.2, -0.15) is 10.2 Å². The maximum atomic E-state index is 4.19. The molecule has 2 aromatic rings. The molecule has 1 saturated carbocycles. The van der Waals surface area contributed by atoms with Crippen molar-refractivity contribution in [3.63, 3.8) is 0 Å². The number of piperidine rings is 1. The molecule has 1 unspecified atom stereocenters. The van der Waals surface area contributed by atoms with Crippen LogP contribution in [0.25, 0.3) is 10.9 Å². The molecule has 2 heterocycles. The third-order valence-electron chi connectivity index (χ3n) is 4.85. The van der Waals surface area contributed by atoms with E-state index in [4.69, 9.17) is 0 Å². The molecule has 104 valence electrons. The van der Waals surface area contributed by atoms with Crippen molar-refractivity contribution < 1.29 is 0 Å². The van der Waals surface area contributed by atoms with Gasteiger partial charge in [-0.3, -0.25) is 0 Å². The van der Waals surface area contributed by atoms with Crippen LogP contribution in [0.1, 0.15) is 32.1 Å². The lowest BCUT2D eigenvalue weighted by Crippen LogP contribution is -2.58. The van der Waals surface area contributed by atoms with Gasteiger partial charge in [0.15, 0.2) is 0 Å². The Bertz CT molecular complexity index is 615. The lowest BCUT2D eigenvalue weighted by Gasteiger charge is -2.48. The van der Waals surface area contributed by atoms with Crippen molar-refractivity contribution in [3.8, 4) is 0 Å². The van der Waals surface area contributed by atoms with Gasteiger partial charge in [0.05, 0.1) is 17.4 Å². The monoisotopic (exact) mass is 268 g/mol. The third-order valence-corrected chi connectivity index (χ3v) is 4.85. The lowest BCUT2D eigenvalue weighted by molar-refractivity contribution is 0.135. The molecule has 2 N–H and O–H groups in total. The topological polar surface area (TPSA) is 49.8 Å². The van der Waals surface area contributed by atoms with Crippen LogP contribution in [-0.4, -0.2) is 28.3 Å². The van der Waals surface area contributed by atoms with Crippen molar-refractivity contribution in [1.29, 1.82) is 0 Å². The van der Waals surface area contributed by atoms with Gasteiger partial charge in [0, 0.05) is 17.0 Å². The molecule has 4 nitrogen and oxygen atoms in total. The fourth-order valence-electron chi connectivity index (χ4n) is 3.61. The molecular formula is C16H20N4. The largest absolute Gasteiger partial charge is 0.380 e. The summed E-state index contributed by atoms with van der Waals surface area (Å²) in [6.45, 7) is 1.12. The van der Waals surface area contributed by atoms with Gasteiger partial charge < -0.3 is 10.6 Å². The van der Waals surface area contributed by atoms with Gasteiger partial charge in [0.2, 0.25) is 0 Å². The van der Waals surface area contributed by atoms with Gasteiger partial charge in [0.25, 0.3) is 0 Å². The molecule has 1 saturated heterocycles. The van der Waals surface area contributed by atoms with Crippen molar-refractivity contribution in [2.45, 2.75) is 43.7 Å². The first kappa shape index (κ1) is 12.1. The lowest BCUT2D eigenvalue weighted by atomic mass is 9.70. The highest BCUT2D eigenvalue weighted by molar-refractivity contribution is 5.90. The second kappa shape index (κ2) is 4.70. The second-order valence-electron chi connectivity index (χ2n) is 6.17. The Morgan fingerprint density at radius 2 is 2.15 bits per heavy atom. The smallest absolute Gasteiger partial charge is 0.0950 e. The summed E-state index contributed by atoms with van der Waals surface area (Å²) in [5, 5.41) is 16.9. The van der Waals surface area contributed by atoms with Gasteiger partial charge in [-0.05, 0) is 44.7 Å². The minimum atomic E-state index is 0.423. The maximum absolute atomic E-state index is 4.19. The van der Waals surface area contributed by atoms with Gasteiger partial charge in [-0.15, -0.1) is 0 Å². The van der Waals surface area contributed by atoms with Crippen molar-refractivity contribution in [2.75, 3.05) is 11.9 Å². The summed E-state index contributed by atoms with van der Waals surface area (Å²) in [7, 11) is 0. The molecule has 1 aliphatic carbocycles. The first-order valence-electron chi connectivity index (χ1n) is 7.57. The quantitative estimate of drug-likeness (QED) is 0.879. The number of aromatic nitrogens is 2. The van der Waals surface area contributed by atoms with E-state index in [0.717, 1.165) is 17.7 Å². The first-order valence-corrected chi connectivity index (χ1v) is 7.57. The molecular weight excluding hydrogens is 248 g/mol. The molecule has 0 bridgehead atoms. The molecule has 2 aliphatic rings. The van der Waals surface area contributed by atoms with E-state index in [1.54, 1.807) is 0 Å². The number of hydrogen-bond donors (Lipinski definition) is 2. The Hall–Kier alpha value is -1.68. The van der Waals surface area contributed by atoms with E-state index in [9.17, 15) is 0 Å². The molecule has 4 heteroatoms. The molecule has 2 fully saturated rings. The Morgan fingerprint density at radius 1 is 1.25 bits per heavy atom. The Morgan fingerprint density at radius 3 is 3.00 bits per heavy atom. The van der Waals surface area contributed by atoms with E-state index in [1.807, 2.05) is 18.3 Å². The van der Waals surface area contributed by atoms with Gasteiger partial charge in [0.1, 0.15) is 0 Å². The van der Waals surface area contributed by atoms with E-state index in [-0.39, 0.29) is 0 Å². The fourth-order valence-corrected chi connectivity index (χ4v) is 3.61. The second-order valence-corrected chi connectivity index (χ2v) is 6.17. The van der Waals surface area contributed by atoms with Gasteiger partial charge >= 0.3 is 0 Å². The van der Waals surface area contributed by atoms with Gasteiger partial charge in [-0.25, -0.2) is 0 Å². The van der Waals surface area contributed by atoms with Gasteiger partial charge in [-0.1, -0.05) is 18.2 Å². The zero-order valence-electron chi connectivity index (χ0n) is 11.6. The maximum Gasteiger partial charge on any atom is 0.0950 e. The SMILES string of the molecule is c1ccc2c(NC3CCNC4(CCC4)C3)cnnc2c1. The molecule has 20 heavy (non-hydrogen) atoms. The van der Waals surface area contributed by atoms with Crippen molar-refractivity contribution in [2.24, 2.45) is 0 Å². The Balaban J connectivity index is 1.58. The third kappa shape index (κ3) is 2.04. The predicted molar refractivity (Wildman–Crippen MR) is 80.8 cm³/mol. The summed E-state index contributed by atoms with van der Waals surface area (Å²) < 4.78 is 0. The van der Waals surface area contributed by atoms with Crippen LogP contribution >= 0.6 is 0 Å². The van der Waals surface area contributed by atoms with Crippen LogP contribution in [0.5, 0.6) is 0 Å². The summed E-state index contributed by atoms with van der Waals surface area (Å²) in [4.78, 5) is 0. The van der Waals surface area contributed by atoms with E-state index < -0.39 is 0 Å². The van der Waals surface area contributed by atoms with Crippen LogP contribution in [0.15, 0.2) is 30.5 Å². The molecule has 1 aromatic carbocycles. The number of nitrogens with one attached hydrogen (secondary N) is 2. The zero-order valence-corrected chi connectivity index (χ0v) is 11.6. The summed E-state index contributed by atoms with van der Waals surface area (Å²) in [5.41, 5.74) is 2.51. The van der Waals surface area contributed by atoms with Crippen LogP contribution in [0.2, 0.25) is 0 Å². The minimum Gasteiger partial charge on any atom is -0.380 e. The van der Waals surface area contributed by atoms with E-state index in [1.165, 1.54) is 37.5 Å². The molecule has 1 aromatic heterocycles. The van der Waals surface area contributed by atoms with Crippen LogP contribution in [0.3, 0.4) is 0 Å². The fraction of sp³-hybridized carbons (Fsp3) is 0.500. The summed E-state index contributed by atoms with van der Waals surface area (Å²) >= 11 is 0. The molecule has 4 rings (SSSR count). The van der Waals surface area contributed by atoms with E-state index in [2.05, 4.69) is 33.0 Å². The molecule has 1 aliphatic heterocycles. The number of rotatable bonds is 2. The number of fused-ring (bicyclic) bond motifs is 1. The van der Waals surface area contributed by atoms with Crippen LogP contribution in [0.4, 0.5) is 5.69 Å². The normalized spacial score (nSPS) is 24.5. The van der Waals surface area contributed by atoms with Crippen LogP contribution in [0, 0.1) is 0 Å². The number of nitrogens with zero attached hydrogens (tertiary/aromatic N) is 2. The summed E-state index contributed by atoms with van der Waals surface area (Å²) in [6.07, 6.45) is 8.31. The number of benzene rings is 1. The van der Waals surface area contributed by atoms with Crippen molar-refractivity contribution in [3.05, 3.63) is 30.5 Å². The molecule has 0 radical (unpaired) electrons. The highest BCUT2D eigenvalue weighted by Crippen LogP contribution is 2.39. The summed E-state index contributed by atoms with van der Waals surface area (Å²) in [5.74, 6) is 0. The minimum absolute atomic E-state index is 0.423. The van der Waals surface area contributed by atoms with Crippen LogP contribution < -0.4 is 10.6 Å². The number of anilines is 1. The van der Waals surface area contributed by atoms with Crippen molar-refractivity contribution >= 4 is 16.6 Å². The summed E-state index contributed by atoms with van der Waals surface area (Å²) in [6, 6.07) is 8.75. The first-order chi connectivity index (χ1) is 9.85. The van der Waals surface area contributed by atoms with E-state index >= 15 is 0 Å². The van der Waals surface area contributed by atoms with Crippen LogP contribution in [-0.2, 0) is 0 Å². The standard InChI is InChI=1S/C16H20N4/c1-2-5-14-13(4-1)15(11-18-20-14)19-12-6-9-17-16(10-12)7-3-8-16/h1-2,4-5,11-12,17H,3,6-10H2,(H,19,20). The van der Waals surface area contributed by atoms with E-state index in [0.29, 0.717) is 11.6 Å². The average Bonchev–Trinajstić information content (AvgIpc) is 2.46. The molecule has 1 atom stereocenters. The Kier molecular flexibility index (Phi) is 2.84. The zero-order chi connectivity index (χ0) is 13.4. The molecule has 1 spiro atoms. The number of hydrogen-bond acceptors (Lipinski definition) is 4.